The summed E-state index contributed by atoms with van der Waals surface area (Å²) in [6, 6.07) is 6.74. The number of halogens is 1. The molecule has 1 heterocycles. The van der Waals surface area contributed by atoms with Gasteiger partial charge in [-0.15, -0.1) is 0 Å². The molecule has 1 unspecified atom stereocenters. The zero-order valence-corrected chi connectivity index (χ0v) is 12.3. The van der Waals surface area contributed by atoms with Crippen molar-refractivity contribution < 1.29 is 13.9 Å². The predicted octanol–water partition coefficient (Wildman–Crippen LogP) is 2.41. The molecule has 3 rings (SSSR count). The summed E-state index contributed by atoms with van der Waals surface area (Å²) in [6.45, 7) is 3.75. The highest BCUT2D eigenvalue weighted by molar-refractivity contribution is 5.85. The lowest BCUT2D eigenvalue weighted by atomic mass is 9.98. The van der Waals surface area contributed by atoms with E-state index in [9.17, 15) is 9.18 Å². The number of carbonyl (C=O) groups excluding carboxylic acids is 1. The maximum Gasteiger partial charge on any atom is 0.333 e. The molecule has 1 saturated heterocycles. The number of hydrogen-bond acceptors (Lipinski definition) is 4. The Hall–Kier alpha value is -1.62. The van der Waals surface area contributed by atoms with Crippen molar-refractivity contribution in [3.63, 3.8) is 0 Å². The van der Waals surface area contributed by atoms with Crippen LogP contribution >= 0.6 is 0 Å². The molecule has 1 aliphatic carbocycles. The second-order valence-corrected chi connectivity index (χ2v) is 5.89. The van der Waals surface area contributed by atoms with Crippen molar-refractivity contribution in [1.29, 1.82) is 0 Å². The van der Waals surface area contributed by atoms with Crippen molar-refractivity contribution in [2.75, 3.05) is 25.0 Å². The van der Waals surface area contributed by atoms with E-state index in [2.05, 4.69) is 10.2 Å². The van der Waals surface area contributed by atoms with Gasteiger partial charge in [-0.3, -0.25) is 4.90 Å². The van der Waals surface area contributed by atoms with Gasteiger partial charge >= 0.3 is 5.97 Å². The minimum Gasteiger partial charge on any atom is -0.464 e. The number of anilines is 1. The van der Waals surface area contributed by atoms with Gasteiger partial charge in [0.2, 0.25) is 0 Å². The fourth-order valence-corrected chi connectivity index (χ4v) is 2.99. The minimum absolute atomic E-state index is 0.211. The summed E-state index contributed by atoms with van der Waals surface area (Å²) in [4.78, 5) is 14.8. The van der Waals surface area contributed by atoms with Gasteiger partial charge in [-0.1, -0.05) is 0 Å². The largest absolute Gasteiger partial charge is 0.464 e. The lowest BCUT2D eigenvalue weighted by molar-refractivity contribution is -0.148. The SMILES string of the molecule is CCOC(=O)C1(Nc2ccc(F)cc2)CCN(C2CC2)C1. The van der Waals surface area contributed by atoms with E-state index in [0.29, 0.717) is 19.2 Å². The Kier molecular flexibility index (Phi) is 3.85. The molecular weight excluding hydrogens is 271 g/mol. The molecule has 0 spiro atoms. The number of benzene rings is 1. The van der Waals surface area contributed by atoms with Crippen LogP contribution in [0, 0.1) is 5.82 Å². The van der Waals surface area contributed by atoms with Gasteiger partial charge in [0, 0.05) is 24.8 Å². The van der Waals surface area contributed by atoms with Gasteiger partial charge in [0.05, 0.1) is 6.61 Å². The van der Waals surface area contributed by atoms with Crippen LogP contribution in [0.15, 0.2) is 24.3 Å². The molecule has 1 aromatic rings. The highest BCUT2D eigenvalue weighted by Gasteiger charge is 2.49. The molecular formula is C16H21FN2O2. The summed E-state index contributed by atoms with van der Waals surface area (Å²) in [7, 11) is 0. The molecule has 2 fully saturated rings. The summed E-state index contributed by atoms with van der Waals surface area (Å²) in [5.74, 6) is -0.491. The molecule has 5 heteroatoms. The molecule has 21 heavy (non-hydrogen) atoms. The van der Waals surface area contributed by atoms with Gasteiger partial charge < -0.3 is 10.1 Å². The van der Waals surface area contributed by atoms with E-state index >= 15 is 0 Å². The standard InChI is InChI=1S/C16H21FN2O2/c1-2-21-15(20)16(9-10-19(11-16)14-7-8-14)18-13-5-3-12(17)4-6-13/h3-6,14,18H,2,7-11H2,1H3. The number of esters is 1. The van der Waals surface area contributed by atoms with Crippen molar-refractivity contribution in [3.8, 4) is 0 Å². The lowest BCUT2D eigenvalue weighted by Crippen LogP contribution is -2.50. The van der Waals surface area contributed by atoms with E-state index in [-0.39, 0.29) is 11.8 Å². The van der Waals surface area contributed by atoms with Crippen LogP contribution in [-0.4, -0.2) is 42.1 Å². The van der Waals surface area contributed by atoms with Gasteiger partial charge in [-0.05, 0) is 50.5 Å². The Labute approximate surface area is 124 Å². The van der Waals surface area contributed by atoms with Crippen LogP contribution in [0.3, 0.4) is 0 Å². The zero-order chi connectivity index (χ0) is 14.9. The van der Waals surface area contributed by atoms with Crippen molar-refractivity contribution in [2.24, 2.45) is 0 Å². The van der Waals surface area contributed by atoms with E-state index in [1.807, 2.05) is 6.92 Å². The number of ether oxygens (including phenoxy) is 1. The second kappa shape index (κ2) is 5.64. The quantitative estimate of drug-likeness (QED) is 0.846. The number of rotatable bonds is 5. The summed E-state index contributed by atoms with van der Waals surface area (Å²) in [6.07, 6.45) is 3.16. The number of hydrogen-bond donors (Lipinski definition) is 1. The molecule has 114 valence electrons. The van der Waals surface area contributed by atoms with Crippen LogP contribution < -0.4 is 5.32 Å². The van der Waals surface area contributed by atoms with E-state index in [1.165, 1.54) is 25.0 Å². The summed E-state index contributed by atoms with van der Waals surface area (Å²) < 4.78 is 18.3. The van der Waals surface area contributed by atoms with Crippen molar-refractivity contribution >= 4 is 11.7 Å². The third kappa shape index (κ3) is 3.02. The van der Waals surface area contributed by atoms with Gasteiger partial charge in [0.25, 0.3) is 0 Å². The molecule has 0 bridgehead atoms. The number of nitrogens with one attached hydrogen (secondary N) is 1. The third-order valence-corrected chi connectivity index (χ3v) is 4.26. The highest BCUT2D eigenvalue weighted by Crippen LogP contribution is 2.35. The van der Waals surface area contributed by atoms with Crippen molar-refractivity contribution in [2.45, 2.75) is 37.8 Å². The second-order valence-electron chi connectivity index (χ2n) is 5.89. The molecule has 1 N–H and O–H groups in total. The average molecular weight is 292 g/mol. The molecule has 1 atom stereocenters. The first-order valence-electron chi connectivity index (χ1n) is 7.58. The lowest BCUT2D eigenvalue weighted by Gasteiger charge is -2.29. The van der Waals surface area contributed by atoms with E-state index in [4.69, 9.17) is 4.74 Å². The Morgan fingerprint density at radius 1 is 1.43 bits per heavy atom. The monoisotopic (exact) mass is 292 g/mol. The summed E-state index contributed by atoms with van der Waals surface area (Å²) in [5.41, 5.74) is 0.0401. The first-order valence-corrected chi connectivity index (χ1v) is 7.58. The van der Waals surface area contributed by atoms with Crippen LogP contribution in [-0.2, 0) is 9.53 Å². The fourth-order valence-electron chi connectivity index (χ4n) is 2.99. The highest BCUT2D eigenvalue weighted by atomic mass is 19.1. The van der Waals surface area contributed by atoms with Gasteiger partial charge in [0.1, 0.15) is 11.4 Å². The number of carbonyl (C=O) groups is 1. The van der Waals surface area contributed by atoms with Crippen LogP contribution in [0.4, 0.5) is 10.1 Å². The van der Waals surface area contributed by atoms with Crippen LogP contribution in [0.25, 0.3) is 0 Å². The zero-order valence-electron chi connectivity index (χ0n) is 12.3. The molecule has 2 aliphatic rings. The number of likely N-dealkylation sites (tertiary alicyclic amines) is 1. The first-order chi connectivity index (χ1) is 10.1. The van der Waals surface area contributed by atoms with E-state index < -0.39 is 5.54 Å². The number of nitrogens with zero attached hydrogens (tertiary/aromatic N) is 1. The Bertz CT molecular complexity index is 516. The third-order valence-electron chi connectivity index (χ3n) is 4.26. The van der Waals surface area contributed by atoms with Gasteiger partial charge in [0.15, 0.2) is 0 Å². The summed E-state index contributed by atoms with van der Waals surface area (Å²) in [5, 5.41) is 3.30. The van der Waals surface area contributed by atoms with Crippen LogP contribution in [0.2, 0.25) is 0 Å². The fraction of sp³-hybridized carbons (Fsp3) is 0.562. The van der Waals surface area contributed by atoms with Crippen LogP contribution in [0.5, 0.6) is 0 Å². The summed E-state index contributed by atoms with van der Waals surface area (Å²) >= 11 is 0. The van der Waals surface area contributed by atoms with Crippen molar-refractivity contribution in [1.82, 2.24) is 4.90 Å². The topological polar surface area (TPSA) is 41.6 Å². The Balaban J connectivity index is 1.78. The maximum absolute atomic E-state index is 13.0. The molecule has 4 nitrogen and oxygen atoms in total. The minimum atomic E-state index is -0.712. The van der Waals surface area contributed by atoms with E-state index in [1.54, 1.807) is 12.1 Å². The predicted molar refractivity (Wildman–Crippen MR) is 78.6 cm³/mol. The van der Waals surface area contributed by atoms with Gasteiger partial charge in [-0.2, -0.15) is 0 Å². The molecule has 1 aliphatic heterocycles. The van der Waals surface area contributed by atoms with Crippen molar-refractivity contribution in [3.05, 3.63) is 30.1 Å². The molecule has 0 radical (unpaired) electrons. The first kappa shape index (κ1) is 14.3. The molecule has 1 aromatic carbocycles. The molecule has 0 amide bonds. The Morgan fingerprint density at radius 3 is 2.76 bits per heavy atom. The van der Waals surface area contributed by atoms with Crippen LogP contribution in [0.1, 0.15) is 26.2 Å². The average Bonchev–Trinajstić information content (AvgIpc) is 3.23. The molecule has 0 aromatic heterocycles. The van der Waals surface area contributed by atoms with E-state index in [0.717, 1.165) is 18.7 Å². The molecule has 1 saturated carbocycles. The van der Waals surface area contributed by atoms with Gasteiger partial charge in [-0.25, -0.2) is 9.18 Å². The maximum atomic E-state index is 13.0. The Morgan fingerprint density at radius 2 is 2.14 bits per heavy atom. The smallest absolute Gasteiger partial charge is 0.333 e. The normalized spacial score (nSPS) is 25.8.